The van der Waals surface area contributed by atoms with Gasteiger partial charge in [-0.05, 0) is 24.1 Å². The minimum atomic E-state index is -0.659. The van der Waals surface area contributed by atoms with Crippen LogP contribution in [0.5, 0.6) is 5.75 Å². The van der Waals surface area contributed by atoms with Crippen LogP contribution in [-0.4, -0.2) is 25.7 Å². The fourth-order valence-electron chi connectivity index (χ4n) is 4.19. The van der Waals surface area contributed by atoms with Gasteiger partial charge >= 0.3 is 0 Å². The topological polar surface area (TPSA) is 80.0 Å². The van der Waals surface area contributed by atoms with Gasteiger partial charge in [-0.1, -0.05) is 36.4 Å². The van der Waals surface area contributed by atoms with Crippen LogP contribution < -0.4 is 5.32 Å². The Labute approximate surface area is 160 Å². The molecule has 0 saturated heterocycles. The Kier molecular flexibility index (Phi) is 3.75. The van der Waals surface area contributed by atoms with Crippen molar-refractivity contribution in [2.75, 3.05) is 5.32 Å². The van der Waals surface area contributed by atoms with Gasteiger partial charge in [-0.25, -0.2) is 9.07 Å². The SMILES string of the molecule is O=C1CC(c2ccccc2O)CC2=C1C(c1ccccc1F)n1ncnc1N2. The summed E-state index contributed by atoms with van der Waals surface area (Å²) in [6.07, 6.45) is 2.16. The van der Waals surface area contributed by atoms with Gasteiger partial charge in [-0.2, -0.15) is 10.1 Å². The largest absolute Gasteiger partial charge is 0.508 e. The number of allylic oxidation sites excluding steroid dienone is 2. The number of aromatic hydroxyl groups is 1. The Balaban J connectivity index is 1.63. The second-order valence-corrected chi connectivity index (χ2v) is 7.06. The van der Waals surface area contributed by atoms with Gasteiger partial charge in [0.1, 0.15) is 23.9 Å². The number of phenolic OH excluding ortho intramolecular Hbond substituents is 1. The van der Waals surface area contributed by atoms with E-state index in [1.807, 2.05) is 12.1 Å². The number of anilines is 1. The molecule has 140 valence electrons. The molecule has 28 heavy (non-hydrogen) atoms. The number of hydrogen-bond acceptors (Lipinski definition) is 5. The van der Waals surface area contributed by atoms with E-state index in [9.17, 15) is 14.3 Å². The van der Waals surface area contributed by atoms with Crippen LogP contribution in [0.3, 0.4) is 0 Å². The normalized spacial score (nSPS) is 21.1. The number of carbonyl (C=O) groups excluding carboxylic acids is 1. The molecule has 0 spiro atoms. The van der Waals surface area contributed by atoms with E-state index in [1.54, 1.807) is 35.0 Å². The summed E-state index contributed by atoms with van der Waals surface area (Å²) in [6, 6.07) is 12.8. The molecule has 1 aromatic heterocycles. The van der Waals surface area contributed by atoms with E-state index < -0.39 is 11.9 Å². The Bertz CT molecular complexity index is 1120. The van der Waals surface area contributed by atoms with E-state index in [0.29, 0.717) is 29.2 Å². The highest BCUT2D eigenvalue weighted by molar-refractivity contribution is 6.00. The second-order valence-electron chi connectivity index (χ2n) is 7.06. The molecular weight excluding hydrogens is 359 g/mol. The van der Waals surface area contributed by atoms with Crippen LogP contribution in [-0.2, 0) is 4.79 Å². The first kappa shape index (κ1) is 16.7. The predicted molar refractivity (Wildman–Crippen MR) is 100 cm³/mol. The molecular formula is C21H17FN4O2. The first-order valence-electron chi connectivity index (χ1n) is 9.08. The number of ketones is 1. The van der Waals surface area contributed by atoms with Gasteiger partial charge in [0, 0.05) is 29.2 Å². The second kappa shape index (κ2) is 6.30. The summed E-state index contributed by atoms with van der Waals surface area (Å²) in [7, 11) is 0. The molecule has 2 aliphatic rings. The Morgan fingerprint density at radius 1 is 1.07 bits per heavy atom. The first-order valence-corrected chi connectivity index (χ1v) is 9.08. The van der Waals surface area contributed by atoms with E-state index in [1.165, 1.54) is 12.4 Å². The molecule has 2 unspecified atom stereocenters. The van der Waals surface area contributed by atoms with Crippen LogP contribution in [0.25, 0.3) is 0 Å². The molecule has 1 aliphatic carbocycles. The van der Waals surface area contributed by atoms with Gasteiger partial charge in [0.15, 0.2) is 5.78 Å². The number of rotatable bonds is 2. The monoisotopic (exact) mass is 376 g/mol. The van der Waals surface area contributed by atoms with Crippen molar-refractivity contribution >= 4 is 11.7 Å². The molecule has 1 aliphatic heterocycles. The van der Waals surface area contributed by atoms with Crippen molar-refractivity contribution in [1.82, 2.24) is 14.8 Å². The summed E-state index contributed by atoms with van der Waals surface area (Å²) >= 11 is 0. The number of halogens is 1. The highest BCUT2D eigenvalue weighted by Gasteiger charge is 2.40. The zero-order chi connectivity index (χ0) is 19.3. The van der Waals surface area contributed by atoms with Gasteiger partial charge in [0.25, 0.3) is 0 Å². The van der Waals surface area contributed by atoms with Crippen LogP contribution in [0.4, 0.5) is 10.3 Å². The maximum Gasteiger partial charge on any atom is 0.226 e. The number of benzene rings is 2. The smallest absolute Gasteiger partial charge is 0.226 e. The predicted octanol–water partition coefficient (Wildman–Crippen LogP) is 3.54. The van der Waals surface area contributed by atoms with Crippen LogP contribution >= 0.6 is 0 Å². The lowest BCUT2D eigenvalue weighted by Gasteiger charge is -2.35. The summed E-state index contributed by atoms with van der Waals surface area (Å²) < 4.78 is 16.2. The van der Waals surface area contributed by atoms with Crippen molar-refractivity contribution < 1.29 is 14.3 Å². The molecule has 7 heteroatoms. The number of fused-ring (bicyclic) bond motifs is 1. The molecule has 2 N–H and O–H groups in total. The van der Waals surface area contributed by atoms with Crippen LogP contribution in [0.2, 0.25) is 0 Å². The van der Waals surface area contributed by atoms with Gasteiger partial charge in [-0.3, -0.25) is 4.79 Å². The average Bonchev–Trinajstić information content (AvgIpc) is 3.15. The van der Waals surface area contributed by atoms with E-state index in [2.05, 4.69) is 15.4 Å². The quantitative estimate of drug-likeness (QED) is 0.715. The molecule has 2 aromatic carbocycles. The fraction of sp³-hybridized carbons (Fsp3) is 0.190. The Hall–Kier alpha value is -3.48. The number of nitrogens with one attached hydrogen (secondary N) is 1. The molecule has 3 aromatic rings. The third-order valence-electron chi connectivity index (χ3n) is 5.44. The van der Waals surface area contributed by atoms with Crippen molar-refractivity contribution in [2.45, 2.75) is 24.8 Å². The average molecular weight is 376 g/mol. The maximum absolute atomic E-state index is 14.6. The minimum Gasteiger partial charge on any atom is -0.508 e. The molecule has 5 rings (SSSR count). The van der Waals surface area contributed by atoms with Crippen LogP contribution in [0.15, 0.2) is 66.1 Å². The maximum atomic E-state index is 14.6. The molecule has 0 amide bonds. The fourth-order valence-corrected chi connectivity index (χ4v) is 4.19. The highest BCUT2D eigenvalue weighted by atomic mass is 19.1. The zero-order valence-electron chi connectivity index (χ0n) is 14.8. The Morgan fingerprint density at radius 2 is 1.82 bits per heavy atom. The summed E-state index contributed by atoms with van der Waals surface area (Å²) in [5.41, 5.74) is 2.34. The van der Waals surface area contributed by atoms with E-state index in [0.717, 1.165) is 5.56 Å². The van der Waals surface area contributed by atoms with Gasteiger partial charge in [0.05, 0.1) is 0 Å². The molecule has 0 saturated carbocycles. The van der Waals surface area contributed by atoms with Gasteiger partial charge in [0.2, 0.25) is 5.95 Å². The third kappa shape index (κ3) is 2.51. The molecule has 0 radical (unpaired) electrons. The zero-order valence-corrected chi connectivity index (χ0v) is 14.8. The number of para-hydroxylation sites is 1. The first-order chi connectivity index (χ1) is 13.6. The molecule has 0 bridgehead atoms. The van der Waals surface area contributed by atoms with Gasteiger partial charge < -0.3 is 10.4 Å². The summed E-state index contributed by atoms with van der Waals surface area (Å²) in [5.74, 6) is 0.0112. The van der Waals surface area contributed by atoms with Crippen molar-refractivity contribution in [3.05, 3.63) is 83.1 Å². The highest BCUT2D eigenvalue weighted by Crippen LogP contribution is 2.45. The number of nitrogens with zero attached hydrogens (tertiary/aromatic N) is 3. The summed E-state index contributed by atoms with van der Waals surface area (Å²) in [5, 5.41) is 17.6. The number of phenols is 1. The lowest BCUT2D eigenvalue weighted by atomic mass is 9.77. The third-order valence-corrected chi connectivity index (χ3v) is 5.44. The van der Waals surface area contributed by atoms with Crippen LogP contribution in [0, 0.1) is 5.82 Å². The number of carbonyl (C=O) groups is 1. The molecule has 6 nitrogen and oxygen atoms in total. The standard InChI is InChI=1S/C21H17FN4O2/c22-15-7-3-1-6-14(15)20-19-16(25-21-23-11-24-26(20)21)9-12(10-18(19)28)13-5-2-4-8-17(13)27/h1-8,11-12,20,27H,9-10H2,(H,23,24,25). The number of Topliss-reactive ketones (excluding diaryl/α,β-unsaturated/α-hetero) is 1. The van der Waals surface area contributed by atoms with E-state index in [4.69, 9.17) is 0 Å². The van der Waals surface area contributed by atoms with E-state index >= 15 is 0 Å². The molecule has 2 atom stereocenters. The van der Waals surface area contributed by atoms with E-state index in [-0.39, 0.29) is 23.9 Å². The summed E-state index contributed by atoms with van der Waals surface area (Å²) in [6.45, 7) is 0. The van der Waals surface area contributed by atoms with Gasteiger partial charge in [-0.15, -0.1) is 0 Å². The van der Waals surface area contributed by atoms with Crippen molar-refractivity contribution in [1.29, 1.82) is 0 Å². The lowest BCUT2D eigenvalue weighted by Crippen LogP contribution is -2.34. The van der Waals surface area contributed by atoms with Crippen molar-refractivity contribution in [3.63, 3.8) is 0 Å². The lowest BCUT2D eigenvalue weighted by molar-refractivity contribution is -0.116. The molecule has 0 fully saturated rings. The minimum absolute atomic E-state index is 0.0867. The number of aromatic nitrogens is 3. The van der Waals surface area contributed by atoms with Crippen molar-refractivity contribution in [3.8, 4) is 5.75 Å². The van der Waals surface area contributed by atoms with Crippen LogP contribution in [0.1, 0.15) is 35.9 Å². The number of hydrogen-bond donors (Lipinski definition) is 2. The summed E-state index contributed by atoms with van der Waals surface area (Å²) in [4.78, 5) is 17.4. The molecule has 2 heterocycles. The Morgan fingerprint density at radius 3 is 2.61 bits per heavy atom. The van der Waals surface area contributed by atoms with Crippen molar-refractivity contribution in [2.24, 2.45) is 0 Å².